The molecular formula is C15H26N2O2S. The standard InChI is InChI=1S/C15H26N2O2S/c1-15(2,11-17(3)4)10-16-9-13-7-6-12(20-13)8-14(18)19-5/h6-7,16H,8-11H2,1-5H3. The van der Waals surface area contributed by atoms with Gasteiger partial charge in [-0.2, -0.15) is 0 Å². The number of nitrogens with zero attached hydrogens (tertiary/aromatic N) is 1. The van der Waals surface area contributed by atoms with Crippen LogP contribution in [0.25, 0.3) is 0 Å². The van der Waals surface area contributed by atoms with Crippen LogP contribution in [0, 0.1) is 5.41 Å². The molecule has 1 heterocycles. The number of hydrogen-bond acceptors (Lipinski definition) is 5. The molecule has 0 aliphatic carbocycles. The number of carbonyl (C=O) groups is 1. The molecular weight excluding hydrogens is 272 g/mol. The Morgan fingerprint density at radius 1 is 1.35 bits per heavy atom. The van der Waals surface area contributed by atoms with Crippen molar-refractivity contribution in [2.24, 2.45) is 5.41 Å². The molecule has 0 fully saturated rings. The van der Waals surface area contributed by atoms with Crippen LogP contribution >= 0.6 is 11.3 Å². The molecule has 0 bridgehead atoms. The summed E-state index contributed by atoms with van der Waals surface area (Å²) in [4.78, 5) is 15.7. The van der Waals surface area contributed by atoms with Crippen molar-refractivity contribution >= 4 is 17.3 Å². The van der Waals surface area contributed by atoms with Gasteiger partial charge in [-0.3, -0.25) is 4.79 Å². The lowest BCUT2D eigenvalue weighted by molar-refractivity contribution is -0.139. The van der Waals surface area contributed by atoms with Crippen LogP contribution in [0.2, 0.25) is 0 Å². The molecule has 1 aromatic rings. The number of methoxy groups -OCH3 is 1. The smallest absolute Gasteiger partial charge is 0.310 e. The van der Waals surface area contributed by atoms with Crippen molar-refractivity contribution < 1.29 is 9.53 Å². The fraction of sp³-hybridized carbons (Fsp3) is 0.667. The summed E-state index contributed by atoms with van der Waals surface area (Å²) < 4.78 is 4.67. The molecule has 0 radical (unpaired) electrons. The summed E-state index contributed by atoms with van der Waals surface area (Å²) in [6, 6.07) is 4.08. The lowest BCUT2D eigenvalue weighted by atomic mass is 9.93. The van der Waals surface area contributed by atoms with Gasteiger partial charge in [0, 0.05) is 29.4 Å². The van der Waals surface area contributed by atoms with Crippen LogP contribution in [0.1, 0.15) is 23.6 Å². The third kappa shape index (κ3) is 6.50. The summed E-state index contributed by atoms with van der Waals surface area (Å²) in [6.07, 6.45) is 0.368. The van der Waals surface area contributed by atoms with Crippen LogP contribution in [0.5, 0.6) is 0 Å². The van der Waals surface area contributed by atoms with Gasteiger partial charge in [-0.25, -0.2) is 0 Å². The quantitative estimate of drug-likeness (QED) is 0.747. The molecule has 0 atom stereocenters. The first-order valence-electron chi connectivity index (χ1n) is 6.82. The van der Waals surface area contributed by atoms with Crippen LogP contribution < -0.4 is 5.32 Å². The SMILES string of the molecule is COC(=O)Cc1ccc(CNCC(C)(C)CN(C)C)s1. The van der Waals surface area contributed by atoms with Crippen molar-refractivity contribution in [3.05, 3.63) is 21.9 Å². The lowest BCUT2D eigenvalue weighted by Gasteiger charge is -2.28. The van der Waals surface area contributed by atoms with Gasteiger partial charge in [-0.15, -0.1) is 11.3 Å². The third-order valence-corrected chi connectivity index (χ3v) is 4.00. The number of ether oxygens (including phenoxy) is 1. The predicted octanol–water partition coefficient (Wildman–Crippen LogP) is 2.14. The van der Waals surface area contributed by atoms with Gasteiger partial charge in [0.15, 0.2) is 0 Å². The van der Waals surface area contributed by atoms with E-state index in [-0.39, 0.29) is 11.4 Å². The molecule has 20 heavy (non-hydrogen) atoms. The monoisotopic (exact) mass is 298 g/mol. The van der Waals surface area contributed by atoms with Crippen molar-refractivity contribution in [1.29, 1.82) is 0 Å². The zero-order valence-corrected chi connectivity index (χ0v) is 14.0. The van der Waals surface area contributed by atoms with E-state index in [1.807, 2.05) is 6.07 Å². The summed E-state index contributed by atoms with van der Waals surface area (Å²) in [6.45, 7) is 7.39. The van der Waals surface area contributed by atoms with Crippen LogP contribution in [0.4, 0.5) is 0 Å². The van der Waals surface area contributed by atoms with E-state index >= 15 is 0 Å². The highest BCUT2D eigenvalue weighted by Gasteiger charge is 2.18. The molecule has 4 nitrogen and oxygen atoms in total. The number of thiophene rings is 1. The average molecular weight is 298 g/mol. The Hall–Kier alpha value is -0.910. The van der Waals surface area contributed by atoms with Crippen molar-refractivity contribution in [3.8, 4) is 0 Å². The molecule has 1 rings (SSSR count). The van der Waals surface area contributed by atoms with E-state index < -0.39 is 0 Å². The van der Waals surface area contributed by atoms with E-state index in [2.05, 4.69) is 49.0 Å². The fourth-order valence-electron chi connectivity index (χ4n) is 2.26. The normalized spacial score (nSPS) is 11.9. The maximum Gasteiger partial charge on any atom is 0.310 e. The summed E-state index contributed by atoms with van der Waals surface area (Å²) in [5.41, 5.74) is 0.246. The molecule has 0 unspecified atom stereocenters. The summed E-state index contributed by atoms with van der Waals surface area (Å²) in [5.74, 6) is -0.182. The van der Waals surface area contributed by atoms with Gasteiger partial charge >= 0.3 is 5.97 Å². The Labute approximate surface area is 126 Å². The van der Waals surface area contributed by atoms with Gasteiger partial charge in [0.2, 0.25) is 0 Å². The third-order valence-electron chi connectivity index (χ3n) is 2.91. The van der Waals surface area contributed by atoms with Crippen molar-refractivity contribution in [3.63, 3.8) is 0 Å². The molecule has 0 aromatic carbocycles. The van der Waals surface area contributed by atoms with Crippen LogP contribution in [-0.2, 0) is 22.5 Å². The number of rotatable bonds is 8. The van der Waals surface area contributed by atoms with E-state index in [1.165, 1.54) is 12.0 Å². The fourth-order valence-corrected chi connectivity index (χ4v) is 3.24. The first kappa shape index (κ1) is 17.1. The van der Waals surface area contributed by atoms with Crippen molar-refractivity contribution in [2.45, 2.75) is 26.8 Å². The molecule has 1 N–H and O–H groups in total. The van der Waals surface area contributed by atoms with Gasteiger partial charge < -0.3 is 15.0 Å². The maximum absolute atomic E-state index is 11.2. The minimum atomic E-state index is -0.182. The number of nitrogens with one attached hydrogen (secondary N) is 1. The zero-order valence-electron chi connectivity index (χ0n) is 13.2. The Morgan fingerprint density at radius 3 is 2.60 bits per heavy atom. The molecule has 0 saturated carbocycles. The minimum Gasteiger partial charge on any atom is -0.469 e. The second-order valence-electron chi connectivity index (χ2n) is 6.13. The van der Waals surface area contributed by atoms with Gasteiger partial charge in [0.25, 0.3) is 0 Å². The maximum atomic E-state index is 11.2. The molecule has 114 valence electrons. The highest BCUT2D eigenvalue weighted by atomic mass is 32.1. The Balaban J connectivity index is 2.37. The van der Waals surface area contributed by atoms with Gasteiger partial charge in [-0.05, 0) is 31.6 Å². The van der Waals surface area contributed by atoms with Crippen LogP contribution in [0.3, 0.4) is 0 Å². The highest BCUT2D eigenvalue weighted by Crippen LogP contribution is 2.18. The topological polar surface area (TPSA) is 41.6 Å². The predicted molar refractivity (Wildman–Crippen MR) is 84.1 cm³/mol. The molecule has 0 aliphatic rings. The van der Waals surface area contributed by atoms with Gasteiger partial charge in [0.1, 0.15) is 0 Å². The van der Waals surface area contributed by atoms with E-state index in [9.17, 15) is 4.79 Å². The van der Waals surface area contributed by atoms with Crippen LogP contribution in [-0.4, -0.2) is 45.2 Å². The number of carbonyl (C=O) groups excluding carboxylic acids is 1. The minimum absolute atomic E-state index is 0.182. The lowest BCUT2D eigenvalue weighted by Crippen LogP contribution is -2.37. The molecule has 1 aromatic heterocycles. The van der Waals surface area contributed by atoms with E-state index in [0.29, 0.717) is 6.42 Å². The second kappa shape index (κ2) is 7.76. The van der Waals surface area contributed by atoms with Gasteiger partial charge in [0.05, 0.1) is 13.5 Å². The van der Waals surface area contributed by atoms with E-state index in [1.54, 1.807) is 11.3 Å². The first-order chi connectivity index (χ1) is 9.32. The zero-order chi connectivity index (χ0) is 15.2. The summed E-state index contributed by atoms with van der Waals surface area (Å²) >= 11 is 1.67. The average Bonchev–Trinajstić information content (AvgIpc) is 2.74. The number of hydrogen-bond donors (Lipinski definition) is 1. The molecule has 0 saturated heterocycles. The van der Waals surface area contributed by atoms with Crippen molar-refractivity contribution in [1.82, 2.24) is 10.2 Å². The molecule has 0 spiro atoms. The highest BCUT2D eigenvalue weighted by molar-refractivity contribution is 7.12. The Morgan fingerprint density at radius 2 is 2.00 bits per heavy atom. The second-order valence-corrected chi connectivity index (χ2v) is 7.38. The summed E-state index contributed by atoms with van der Waals surface area (Å²) in [7, 11) is 5.62. The molecule has 0 amide bonds. The largest absolute Gasteiger partial charge is 0.469 e. The van der Waals surface area contributed by atoms with E-state index in [4.69, 9.17) is 0 Å². The summed E-state index contributed by atoms with van der Waals surface area (Å²) in [5, 5.41) is 3.50. The van der Waals surface area contributed by atoms with Gasteiger partial charge in [-0.1, -0.05) is 13.8 Å². The Bertz CT molecular complexity index is 427. The van der Waals surface area contributed by atoms with E-state index in [0.717, 1.165) is 24.5 Å². The molecule has 5 heteroatoms. The molecule has 0 aliphatic heterocycles. The van der Waals surface area contributed by atoms with Crippen molar-refractivity contribution in [2.75, 3.05) is 34.3 Å². The Kier molecular flexibility index (Phi) is 6.65. The van der Waals surface area contributed by atoms with Crippen LogP contribution in [0.15, 0.2) is 12.1 Å². The first-order valence-corrected chi connectivity index (χ1v) is 7.64. The number of esters is 1.